The van der Waals surface area contributed by atoms with E-state index in [1.54, 1.807) is 6.20 Å². The monoisotopic (exact) mass is 448 g/mol. The number of piperidine rings is 1. The van der Waals surface area contributed by atoms with Crippen molar-refractivity contribution in [3.8, 4) is 5.75 Å². The lowest BCUT2D eigenvalue weighted by molar-refractivity contribution is -0.115. The van der Waals surface area contributed by atoms with Crippen LogP contribution in [0.5, 0.6) is 5.75 Å². The summed E-state index contributed by atoms with van der Waals surface area (Å²) >= 11 is 1.32. The molecule has 2 aliphatic heterocycles. The standard InChI is InChI=1S/C23H24N6O2S/c1-14-9-17(31-16-5-7-29(2)8-6-16)3-4-19(14)27-23-28-22(30)20(32-23)10-15-11-25-21-18(15)12-24-13-26-21/h3-4,9-13,16H,5-8H2,1-2H3,(H,24,25,26)(H,27,28,30)/b20-10-. The molecule has 1 amide bonds. The van der Waals surface area contributed by atoms with Crippen LogP contribution in [0.1, 0.15) is 24.0 Å². The molecule has 2 aliphatic rings. The highest BCUT2D eigenvalue weighted by molar-refractivity contribution is 8.18. The lowest BCUT2D eigenvalue weighted by Crippen LogP contribution is -2.35. The Morgan fingerprint density at radius 2 is 2.16 bits per heavy atom. The summed E-state index contributed by atoms with van der Waals surface area (Å²) < 4.78 is 6.17. The summed E-state index contributed by atoms with van der Waals surface area (Å²) in [5.74, 6) is 0.700. The van der Waals surface area contributed by atoms with Gasteiger partial charge >= 0.3 is 0 Å². The third-order valence-electron chi connectivity index (χ3n) is 5.68. The second-order valence-electron chi connectivity index (χ2n) is 8.08. The zero-order valence-electron chi connectivity index (χ0n) is 18.0. The average molecular weight is 449 g/mol. The number of aromatic nitrogens is 3. The van der Waals surface area contributed by atoms with E-state index in [0.717, 1.165) is 59.5 Å². The van der Waals surface area contributed by atoms with Crippen LogP contribution < -0.4 is 10.1 Å². The number of hydrogen-bond donors (Lipinski definition) is 2. The number of benzene rings is 1. The van der Waals surface area contributed by atoms with Crippen LogP contribution in [0.25, 0.3) is 17.1 Å². The molecule has 0 aliphatic carbocycles. The normalized spacial score (nSPS) is 20.4. The number of rotatable bonds is 4. The van der Waals surface area contributed by atoms with Crippen molar-refractivity contribution in [3.05, 3.63) is 53.0 Å². The molecular formula is C23H24N6O2S. The molecule has 0 spiro atoms. The Kier molecular flexibility index (Phi) is 5.67. The van der Waals surface area contributed by atoms with Gasteiger partial charge in [-0.1, -0.05) is 0 Å². The number of aromatic amines is 1. The van der Waals surface area contributed by atoms with E-state index in [1.807, 2.05) is 37.4 Å². The van der Waals surface area contributed by atoms with Gasteiger partial charge in [-0.15, -0.1) is 0 Å². The Labute approximate surface area is 190 Å². The summed E-state index contributed by atoms with van der Waals surface area (Å²) in [4.78, 5) is 31.4. The number of amidine groups is 1. The highest BCUT2D eigenvalue weighted by atomic mass is 32.2. The molecular weight excluding hydrogens is 424 g/mol. The van der Waals surface area contributed by atoms with Gasteiger partial charge in [-0.25, -0.2) is 15.0 Å². The minimum Gasteiger partial charge on any atom is -0.490 e. The van der Waals surface area contributed by atoms with Gasteiger partial charge in [0.15, 0.2) is 5.17 Å². The van der Waals surface area contributed by atoms with Gasteiger partial charge in [0, 0.05) is 36.4 Å². The second-order valence-corrected chi connectivity index (χ2v) is 9.11. The van der Waals surface area contributed by atoms with E-state index in [9.17, 15) is 4.79 Å². The fraction of sp³-hybridized carbons (Fsp3) is 0.304. The molecule has 164 valence electrons. The molecule has 2 N–H and O–H groups in total. The molecule has 0 unspecified atom stereocenters. The molecule has 0 saturated carbocycles. The van der Waals surface area contributed by atoms with Gasteiger partial charge < -0.3 is 19.9 Å². The molecule has 2 saturated heterocycles. The van der Waals surface area contributed by atoms with Crippen LogP contribution in [0.15, 0.2) is 46.8 Å². The number of likely N-dealkylation sites (tertiary alicyclic amines) is 1. The Morgan fingerprint density at radius 3 is 2.97 bits per heavy atom. The SMILES string of the molecule is Cc1cc(OC2CCN(C)CC2)ccc1/N=C1/NC(=O)/C(=C/c2c[nH]c3ncncc23)S1. The number of amides is 1. The molecule has 1 aromatic carbocycles. The van der Waals surface area contributed by atoms with Crippen molar-refractivity contribution >= 4 is 45.6 Å². The van der Waals surface area contributed by atoms with Gasteiger partial charge in [0.2, 0.25) is 0 Å². The predicted octanol–water partition coefficient (Wildman–Crippen LogP) is 3.63. The van der Waals surface area contributed by atoms with Gasteiger partial charge in [0.25, 0.3) is 5.91 Å². The van der Waals surface area contributed by atoms with Crippen LogP contribution in [0.4, 0.5) is 5.69 Å². The average Bonchev–Trinajstić information content (AvgIpc) is 3.35. The van der Waals surface area contributed by atoms with E-state index in [0.29, 0.717) is 10.1 Å². The molecule has 0 bridgehead atoms. The van der Waals surface area contributed by atoms with Crippen molar-refractivity contribution in [3.63, 3.8) is 0 Å². The highest BCUT2D eigenvalue weighted by Crippen LogP contribution is 2.32. The Hall–Kier alpha value is -3.17. The van der Waals surface area contributed by atoms with Crippen LogP contribution in [-0.2, 0) is 4.79 Å². The Bertz CT molecular complexity index is 1230. The van der Waals surface area contributed by atoms with E-state index in [2.05, 4.69) is 37.2 Å². The molecule has 5 rings (SSSR count). The van der Waals surface area contributed by atoms with Gasteiger partial charge in [0.1, 0.15) is 23.8 Å². The first-order valence-corrected chi connectivity index (χ1v) is 11.4. The fourth-order valence-corrected chi connectivity index (χ4v) is 4.68. The molecule has 32 heavy (non-hydrogen) atoms. The number of thioether (sulfide) groups is 1. The second kappa shape index (κ2) is 8.76. The van der Waals surface area contributed by atoms with Crippen molar-refractivity contribution in [2.24, 2.45) is 4.99 Å². The Morgan fingerprint density at radius 1 is 1.31 bits per heavy atom. The summed E-state index contributed by atoms with van der Waals surface area (Å²) in [6.45, 7) is 4.13. The predicted molar refractivity (Wildman–Crippen MR) is 127 cm³/mol. The number of carbonyl (C=O) groups excluding carboxylic acids is 1. The number of aliphatic imine (C=N–C) groups is 1. The van der Waals surface area contributed by atoms with Crippen LogP contribution >= 0.6 is 11.8 Å². The molecule has 9 heteroatoms. The third-order valence-corrected chi connectivity index (χ3v) is 6.59. The highest BCUT2D eigenvalue weighted by Gasteiger charge is 2.24. The largest absolute Gasteiger partial charge is 0.490 e. The maximum absolute atomic E-state index is 12.5. The minimum atomic E-state index is -0.167. The lowest BCUT2D eigenvalue weighted by Gasteiger charge is -2.29. The molecule has 2 fully saturated rings. The summed E-state index contributed by atoms with van der Waals surface area (Å²) in [5.41, 5.74) is 3.42. The number of fused-ring (bicyclic) bond motifs is 1. The van der Waals surface area contributed by atoms with Crippen molar-refractivity contribution < 1.29 is 9.53 Å². The number of ether oxygens (including phenoxy) is 1. The number of hydrogen-bond acceptors (Lipinski definition) is 7. The molecule has 8 nitrogen and oxygen atoms in total. The summed E-state index contributed by atoms with van der Waals surface area (Å²) in [7, 11) is 2.14. The van der Waals surface area contributed by atoms with E-state index in [-0.39, 0.29) is 12.0 Å². The van der Waals surface area contributed by atoms with Crippen molar-refractivity contribution in [1.29, 1.82) is 0 Å². The molecule has 0 atom stereocenters. The maximum atomic E-state index is 12.5. The molecule has 4 heterocycles. The first-order chi connectivity index (χ1) is 15.5. The Balaban J connectivity index is 1.30. The van der Waals surface area contributed by atoms with Crippen molar-refractivity contribution in [2.45, 2.75) is 25.9 Å². The maximum Gasteiger partial charge on any atom is 0.264 e. The van der Waals surface area contributed by atoms with Crippen molar-refractivity contribution in [2.75, 3.05) is 20.1 Å². The van der Waals surface area contributed by atoms with Gasteiger partial charge in [-0.2, -0.15) is 0 Å². The molecule has 0 radical (unpaired) electrons. The van der Waals surface area contributed by atoms with E-state index < -0.39 is 0 Å². The molecule has 3 aromatic rings. The number of carbonyl (C=O) groups is 1. The quantitative estimate of drug-likeness (QED) is 0.592. The zero-order chi connectivity index (χ0) is 22.1. The summed E-state index contributed by atoms with van der Waals surface area (Å²) in [5, 5.41) is 4.28. The molecule has 2 aromatic heterocycles. The zero-order valence-corrected chi connectivity index (χ0v) is 18.8. The number of H-pyrrole nitrogens is 1. The van der Waals surface area contributed by atoms with Crippen LogP contribution in [0.3, 0.4) is 0 Å². The van der Waals surface area contributed by atoms with E-state index in [1.165, 1.54) is 18.1 Å². The van der Waals surface area contributed by atoms with Gasteiger partial charge in [-0.3, -0.25) is 4.79 Å². The first-order valence-electron chi connectivity index (χ1n) is 10.6. The number of nitrogens with one attached hydrogen (secondary N) is 2. The van der Waals surface area contributed by atoms with Crippen LogP contribution in [0.2, 0.25) is 0 Å². The van der Waals surface area contributed by atoms with E-state index >= 15 is 0 Å². The van der Waals surface area contributed by atoms with Gasteiger partial charge in [-0.05, 0) is 68.4 Å². The minimum absolute atomic E-state index is 0.167. The summed E-state index contributed by atoms with van der Waals surface area (Å²) in [6, 6.07) is 5.91. The first kappa shape index (κ1) is 20.7. The lowest BCUT2D eigenvalue weighted by atomic mass is 10.1. The van der Waals surface area contributed by atoms with Crippen LogP contribution in [-0.4, -0.2) is 57.2 Å². The van der Waals surface area contributed by atoms with Crippen molar-refractivity contribution in [1.82, 2.24) is 25.2 Å². The summed E-state index contributed by atoms with van der Waals surface area (Å²) in [6.07, 6.45) is 9.22. The number of aryl methyl sites for hydroxylation is 1. The van der Waals surface area contributed by atoms with Gasteiger partial charge in [0.05, 0.1) is 10.6 Å². The fourth-order valence-electron chi connectivity index (χ4n) is 3.85. The smallest absolute Gasteiger partial charge is 0.264 e. The topological polar surface area (TPSA) is 95.5 Å². The number of nitrogens with zero attached hydrogens (tertiary/aromatic N) is 4. The third kappa shape index (κ3) is 4.39. The van der Waals surface area contributed by atoms with E-state index in [4.69, 9.17) is 4.74 Å². The van der Waals surface area contributed by atoms with Crippen LogP contribution in [0, 0.1) is 6.92 Å².